The minimum atomic E-state index is -0.0405. The summed E-state index contributed by atoms with van der Waals surface area (Å²) >= 11 is 1.55. The van der Waals surface area contributed by atoms with E-state index in [4.69, 9.17) is 9.47 Å². The lowest BCUT2D eigenvalue weighted by Crippen LogP contribution is -2.27. The summed E-state index contributed by atoms with van der Waals surface area (Å²) in [7, 11) is 3.17. The highest BCUT2D eigenvalue weighted by molar-refractivity contribution is 7.12. The molecule has 3 aromatic rings. The molecule has 1 aromatic carbocycles. The molecule has 0 saturated carbocycles. The van der Waals surface area contributed by atoms with Crippen molar-refractivity contribution in [3.63, 3.8) is 0 Å². The van der Waals surface area contributed by atoms with Crippen LogP contribution in [0.1, 0.15) is 22.6 Å². The number of hydrogen-bond donors (Lipinski definition) is 1. The third-order valence-electron chi connectivity index (χ3n) is 4.25. The zero-order chi connectivity index (χ0) is 20.1. The van der Waals surface area contributed by atoms with Crippen LogP contribution in [-0.4, -0.2) is 41.4 Å². The van der Waals surface area contributed by atoms with Gasteiger partial charge in [-0.1, -0.05) is 6.07 Å². The molecule has 1 amide bonds. The molecule has 0 aliphatic heterocycles. The molecule has 0 aliphatic carbocycles. The molecule has 1 N–H and O–H groups in total. The molecule has 3 rings (SSSR count). The summed E-state index contributed by atoms with van der Waals surface area (Å²) in [5.74, 6) is 1.22. The van der Waals surface area contributed by atoms with Gasteiger partial charge in [-0.3, -0.25) is 4.79 Å². The Kier molecular flexibility index (Phi) is 6.30. The fraction of sp³-hybridized carbons (Fsp3) is 0.350. The van der Waals surface area contributed by atoms with Crippen molar-refractivity contribution in [1.82, 2.24) is 20.1 Å². The van der Waals surface area contributed by atoms with Gasteiger partial charge in [-0.25, -0.2) is 9.67 Å². The summed E-state index contributed by atoms with van der Waals surface area (Å²) < 4.78 is 12.3. The highest BCUT2D eigenvalue weighted by Crippen LogP contribution is 2.27. The van der Waals surface area contributed by atoms with Crippen LogP contribution < -0.4 is 14.8 Å². The monoisotopic (exact) mass is 400 g/mol. The summed E-state index contributed by atoms with van der Waals surface area (Å²) in [5, 5.41) is 10.2. The van der Waals surface area contributed by atoms with Gasteiger partial charge in [0.1, 0.15) is 0 Å². The maximum Gasteiger partial charge on any atom is 0.224 e. The number of rotatable bonds is 8. The SMILES string of the molecule is COc1ccc(CC(=O)NCCc2csc(-n3nc(C)cc3C)n2)cc1OC. The second kappa shape index (κ2) is 8.88. The van der Waals surface area contributed by atoms with Crippen molar-refractivity contribution >= 4 is 17.2 Å². The Morgan fingerprint density at radius 1 is 1.18 bits per heavy atom. The molecule has 0 fully saturated rings. The van der Waals surface area contributed by atoms with Crippen LogP contribution in [0.5, 0.6) is 11.5 Å². The number of methoxy groups -OCH3 is 2. The van der Waals surface area contributed by atoms with Crippen molar-refractivity contribution in [3.8, 4) is 16.6 Å². The number of aryl methyl sites for hydroxylation is 2. The third-order valence-corrected chi connectivity index (χ3v) is 5.11. The predicted molar refractivity (Wildman–Crippen MR) is 109 cm³/mol. The number of benzene rings is 1. The summed E-state index contributed by atoms with van der Waals surface area (Å²) in [6.07, 6.45) is 0.960. The van der Waals surface area contributed by atoms with Gasteiger partial charge >= 0.3 is 0 Å². The van der Waals surface area contributed by atoms with E-state index in [0.717, 1.165) is 27.8 Å². The Balaban J connectivity index is 1.51. The maximum absolute atomic E-state index is 12.2. The van der Waals surface area contributed by atoms with E-state index < -0.39 is 0 Å². The average molecular weight is 401 g/mol. The van der Waals surface area contributed by atoms with Gasteiger partial charge in [-0.2, -0.15) is 5.10 Å². The van der Waals surface area contributed by atoms with E-state index in [0.29, 0.717) is 24.5 Å². The second-order valence-corrected chi connectivity index (χ2v) is 7.26. The molecular formula is C20H24N4O3S. The molecule has 0 spiro atoms. The number of carbonyl (C=O) groups is 1. The van der Waals surface area contributed by atoms with E-state index in [1.165, 1.54) is 0 Å². The summed E-state index contributed by atoms with van der Waals surface area (Å²) in [5.41, 5.74) is 3.84. The minimum absolute atomic E-state index is 0.0405. The number of aromatic nitrogens is 3. The second-order valence-electron chi connectivity index (χ2n) is 6.43. The van der Waals surface area contributed by atoms with Gasteiger partial charge in [0.05, 0.1) is 32.0 Å². The minimum Gasteiger partial charge on any atom is -0.493 e. The highest BCUT2D eigenvalue weighted by atomic mass is 32.1. The zero-order valence-corrected chi connectivity index (χ0v) is 17.3. The van der Waals surface area contributed by atoms with Crippen molar-refractivity contribution in [2.45, 2.75) is 26.7 Å². The van der Waals surface area contributed by atoms with Crippen LogP contribution in [0, 0.1) is 13.8 Å². The topological polar surface area (TPSA) is 78.3 Å². The Morgan fingerprint density at radius 2 is 1.96 bits per heavy atom. The molecule has 28 heavy (non-hydrogen) atoms. The number of ether oxygens (including phenoxy) is 2. The molecule has 0 aliphatic rings. The van der Waals surface area contributed by atoms with E-state index >= 15 is 0 Å². The first-order valence-electron chi connectivity index (χ1n) is 8.96. The lowest BCUT2D eigenvalue weighted by atomic mass is 10.1. The van der Waals surface area contributed by atoms with Crippen molar-refractivity contribution in [2.24, 2.45) is 0 Å². The Bertz CT molecular complexity index is 964. The molecule has 0 saturated heterocycles. The first-order chi connectivity index (χ1) is 13.5. The largest absolute Gasteiger partial charge is 0.493 e. The zero-order valence-electron chi connectivity index (χ0n) is 16.5. The number of hydrogen-bond acceptors (Lipinski definition) is 6. The third kappa shape index (κ3) is 4.69. The highest BCUT2D eigenvalue weighted by Gasteiger charge is 2.10. The number of nitrogens with one attached hydrogen (secondary N) is 1. The van der Waals surface area contributed by atoms with Crippen molar-refractivity contribution in [2.75, 3.05) is 20.8 Å². The van der Waals surface area contributed by atoms with Crippen LogP contribution in [0.3, 0.4) is 0 Å². The normalized spacial score (nSPS) is 10.7. The van der Waals surface area contributed by atoms with Gasteiger partial charge in [0.15, 0.2) is 11.5 Å². The lowest BCUT2D eigenvalue weighted by molar-refractivity contribution is -0.120. The van der Waals surface area contributed by atoms with Crippen LogP contribution in [0.4, 0.5) is 0 Å². The standard InChI is InChI=1S/C20H24N4O3S/c1-13-9-14(2)24(23-13)20-22-16(12-28-20)7-8-21-19(25)11-15-5-6-17(26-3)18(10-15)27-4/h5-6,9-10,12H,7-8,11H2,1-4H3,(H,21,25). The van der Waals surface area contributed by atoms with E-state index in [1.807, 2.05) is 42.1 Å². The Morgan fingerprint density at radius 3 is 2.64 bits per heavy atom. The molecule has 2 heterocycles. The fourth-order valence-corrected chi connectivity index (χ4v) is 3.77. The van der Waals surface area contributed by atoms with Crippen LogP contribution >= 0.6 is 11.3 Å². The van der Waals surface area contributed by atoms with Crippen LogP contribution in [-0.2, 0) is 17.6 Å². The van der Waals surface area contributed by atoms with Gasteiger partial charge < -0.3 is 14.8 Å². The molecular weight excluding hydrogens is 376 g/mol. The Hall–Kier alpha value is -2.87. The van der Waals surface area contributed by atoms with E-state index in [2.05, 4.69) is 15.4 Å². The molecule has 8 heteroatoms. The van der Waals surface area contributed by atoms with Crippen molar-refractivity contribution in [3.05, 3.63) is 52.3 Å². The quantitative estimate of drug-likeness (QED) is 0.629. The first kappa shape index (κ1) is 19.9. The van der Waals surface area contributed by atoms with Crippen LogP contribution in [0.15, 0.2) is 29.6 Å². The van der Waals surface area contributed by atoms with Crippen LogP contribution in [0.25, 0.3) is 5.13 Å². The summed E-state index contributed by atoms with van der Waals surface area (Å²) in [6.45, 7) is 4.51. The number of amides is 1. The number of thiazole rings is 1. The average Bonchev–Trinajstić information content (AvgIpc) is 3.27. The predicted octanol–water partition coefficient (Wildman–Crippen LogP) is 2.86. The fourth-order valence-electron chi connectivity index (χ4n) is 2.90. The molecule has 0 radical (unpaired) electrons. The maximum atomic E-state index is 12.2. The van der Waals surface area contributed by atoms with Crippen molar-refractivity contribution < 1.29 is 14.3 Å². The lowest BCUT2D eigenvalue weighted by Gasteiger charge is -2.09. The molecule has 148 valence electrons. The van der Waals surface area contributed by atoms with Crippen LogP contribution in [0.2, 0.25) is 0 Å². The van der Waals surface area contributed by atoms with Gasteiger partial charge in [0.2, 0.25) is 11.0 Å². The summed E-state index contributed by atoms with van der Waals surface area (Å²) in [6, 6.07) is 7.51. The number of nitrogens with zero attached hydrogens (tertiary/aromatic N) is 3. The van der Waals surface area contributed by atoms with Gasteiger partial charge in [0, 0.05) is 24.0 Å². The number of carbonyl (C=O) groups excluding carboxylic acids is 1. The van der Waals surface area contributed by atoms with E-state index in [1.54, 1.807) is 31.6 Å². The summed E-state index contributed by atoms with van der Waals surface area (Å²) in [4.78, 5) is 16.8. The molecule has 7 nitrogen and oxygen atoms in total. The molecule has 0 atom stereocenters. The first-order valence-corrected chi connectivity index (χ1v) is 9.83. The van der Waals surface area contributed by atoms with Crippen molar-refractivity contribution in [1.29, 1.82) is 0 Å². The molecule has 2 aromatic heterocycles. The van der Waals surface area contributed by atoms with Gasteiger partial charge in [-0.05, 0) is 37.6 Å². The molecule has 0 unspecified atom stereocenters. The van der Waals surface area contributed by atoms with Gasteiger partial charge in [0.25, 0.3) is 0 Å². The molecule has 0 bridgehead atoms. The Labute approximate surface area is 168 Å². The van der Waals surface area contributed by atoms with E-state index in [-0.39, 0.29) is 12.3 Å². The van der Waals surface area contributed by atoms with Gasteiger partial charge in [-0.15, -0.1) is 11.3 Å². The van der Waals surface area contributed by atoms with E-state index in [9.17, 15) is 4.79 Å². The smallest absolute Gasteiger partial charge is 0.224 e.